The van der Waals surface area contributed by atoms with Crippen LogP contribution in [0.15, 0.2) is 5.16 Å². The second-order valence-electron chi connectivity index (χ2n) is 2.33. The lowest BCUT2D eigenvalue weighted by Gasteiger charge is -1.91. The molecule has 0 aliphatic carbocycles. The molecule has 0 radical (unpaired) electrons. The molecule has 0 unspecified atom stereocenters. The minimum atomic E-state index is 0.633. The molecule has 0 aromatic carbocycles. The molecule has 1 aromatic heterocycles. The predicted molar refractivity (Wildman–Crippen MR) is 45.6 cm³/mol. The Morgan fingerprint density at radius 3 is 2.55 bits per heavy atom. The SMILES string of the molecule is C/C(=N\O)c1sc(C)nc1C. The van der Waals surface area contributed by atoms with Crippen molar-refractivity contribution in [2.24, 2.45) is 5.16 Å². The van der Waals surface area contributed by atoms with Crippen LogP contribution in [-0.2, 0) is 0 Å². The van der Waals surface area contributed by atoms with Gasteiger partial charge in [-0.05, 0) is 20.8 Å². The van der Waals surface area contributed by atoms with E-state index in [1.807, 2.05) is 13.8 Å². The molecule has 0 spiro atoms. The Bertz CT molecular complexity index is 291. The molecule has 0 saturated heterocycles. The zero-order valence-electron chi connectivity index (χ0n) is 6.75. The third kappa shape index (κ3) is 1.57. The standard InChI is InChI=1S/C7H10N2OS/c1-4-7(5(2)9-10)11-6(3)8-4/h10H,1-3H3/b9-5+. The molecule has 0 aliphatic heterocycles. The van der Waals surface area contributed by atoms with Crippen molar-refractivity contribution in [3.8, 4) is 0 Å². The summed E-state index contributed by atoms with van der Waals surface area (Å²) in [4.78, 5) is 5.17. The lowest BCUT2D eigenvalue weighted by molar-refractivity contribution is 0.319. The average Bonchev–Trinajstić information content (AvgIpc) is 2.28. The van der Waals surface area contributed by atoms with E-state index in [0.717, 1.165) is 15.6 Å². The lowest BCUT2D eigenvalue weighted by atomic mass is 10.3. The Balaban J connectivity index is 3.13. The normalized spacial score (nSPS) is 12.1. The average molecular weight is 170 g/mol. The summed E-state index contributed by atoms with van der Waals surface area (Å²) < 4.78 is 0. The number of thiazole rings is 1. The first kappa shape index (κ1) is 8.20. The Hall–Kier alpha value is -0.900. The number of aryl methyl sites for hydroxylation is 2. The molecule has 0 saturated carbocycles. The van der Waals surface area contributed by atoms with E-state index in [1.165, 1.54) is 0 Å². The van der Waals surface area contributed by atoms with Crippen LogP contribution >= 0.6 is 11.3 Å². The number of oxime groups is 1. The maximum absolute atomic E-state index is 8.49. The summed E-state index contributed by atoms with van der Waals surface area (Å²) in [5.74, 6) is 0. The highest BCUT2D eigenvalue weighted by Crippen LogP contribution is 2.17. The predicted octanol–water partition coefficient (Wildman–Crippen LogP) is 1.96. The van der Waals surface area contributed by atoms with Crippen LogP contribution in [0.5, 0.6) is 0 Å². The molecule has 0 atom stereocenters. The van der Waals surface area contributed by atoms with E-state index in [9.17, 15) is 0 Å². The fourth-order valence-corrected chi connectivity index (χ4v) is 1.77. The summed E-state index contributed by atoms with van der Waals surface area (Å²) in [6, 6.07) is 0. The summed E-state index contributed by atoms with van der Waals surface area (Å²) in [6.07, 6.45) is 0. The first-order valence-electron chi connectivity index (χ1n) is 3.28. The number of aromatic nitrogens is 1. The summed E-state index contributed by atoms with van der Waals surface area (Å²) in [5.41, 5.74) is 1.57. The summed E-state index contributed by atoms with van der Waals surface area (Å²) >= 11 is 1.55. The topological polar surface area (TPSA) is 45.5 Å². The van der Waals surface area contributed by atoms with Crippen molar-refractivity contribution in [3.63, 3.8) is 0 Å². The lowest BCUT2D eigenvalue weighted by Crippen LogP contribution is -1.92. The van der Waals surface area contributed by atoms with Gasteiger partial charge in [-0.2, -0.15) is 0 Å². The van der Waals surface area contributed by atoms with Crippen molar-refractivity contribution < 1.29 is 5.21 Å². The molecule has 0 bridgehead atoms. The van der Waals surface area contributed by atoms with Crippen molar-refractivity contribution in [2.75, 3.05) is 0 Å². The van der Waals surface area contributed by atoms with Gasteiger partial charge in [-0.3, -0.25) is 0 Å². The number of nitrogens with zero attached hydrogens (tertiary/aromatic N) is 2. The molecule has 1 N–H and O–H groups in total. The van der Waals surface area contributed by atoms with Gasteiger partial charge in [0.05, 0.1) is 21.3 Å². The van der Waals surface area contributed by atoms with Gasteiger partial charge in [-0.15, -0.1) is 11.3 Å². The van der Waals surface area contributed by atoms with Crippen LogP contribution in [0.25, 0.3) is 0 Å². The molecule has 0 fully saturated rings. The maximum atomic E-state index is 8.49. The third-order valence-corrected chi connectivity index (χ3v) is 2.56. The fraction of sp³-hybridized carbons (Fsp3) is 0.429. The van der Waals surface area contributed by atoms with E-state index in [1.54, 1.807) is 18.3 Å². The van der Waals surface area contributed by atoms with Crippen LogP contribution in [0.3, 0.4) is 0 Å². The molecule has 11 heavy (non-hydrogen) atoms. The monoisotopic (exact) mass is 170 g/mol. The van der Waals surface area contributed by atoms with Gasteiger partial charge in [0, 0.05) is 0 Å². The molecular formula is C7H10N2OS. The quantitative estimate of drug-likeness (QED) is 0.398. The second-order valence-corrected chi connectivity index (χ2v) is 3.54. The van der Waals surface area contributed by atoms with E-state index in [0.29, 0.717) is 5.71 Å². The first-order valence-corrected chi connectivity index (χ1v) is 4.10. The van der Waals surface area contributed by atoms with Gasteiger partial charge >= 0.3 is 0 Å². The summed E-state index contributed by atoms with van der Waals surface area (Å²) in [5, 5.41) is 12.6. The van der Waals surface area contributed by atoms with Gasteiger partial charge in [-0.1, -0.05) is 5.16 Å². The molecular weight excluding hydrogens is 160 g/mol. The van der Waals surface area contributed by atoms with E-state index in [4.69, 9.17) is 5.21 Å². The Morgan fingerprint density at radius 1 is 1.55 bits per heavy atom. The van der Waals surface area contributed by atoms with Crippen LogP contribution in [0, 0.1) is 13.8 Å². The van der Waals surface area contributed by atoms with Crippen LogP contribution in [0.2, 0.25) is 0 Å². The number of hydrogen-bond acceptors (Lipinski definition) is 4. The fourth-order valence-electron chi connectivity index (χ4n) is 0.912. The zero-order valence-corrected chi connectivity index (χ0v) is 7.57. The highest BCUT2D eigenvalue weighted by atomic mass is 32.1. The van der Waals surface area contributed by atoms with Crippen molar-refractivity contribution in [3.05, 3.63) is 15.6 Å². The first-order chi connectivity index (χ1) is 5.15. The van der Waals surface area contributed by atoms with Crippen molar-refractivity contribution >= 4 is 17.0 Å². The van der Waals surface area contributed by atoms with E-state index < -0.39 is 0 Å². The van der Waals surface area contributed by atoms with Crippen LogP contribution in [-0.4, -0.2) is 15.9 Å². The number of hydrogen-bond donors (Lipinski definition) is 1. The molecule has 0 amide bonds. The minimum Gasteiger partial charge on any atom is -0.411 e. The molecule has 4 heteroatoms. The van der Waals surface area contributed by atoms with Crippen molar-refractivity contribution in [1.82, 2.24) is 4.98 Å². The molecule has 1 rings (SSSR count). The molecule has 1 heterocycles. The van der Waals surface area contributed by atoms with Gasteiger partial charge in [0.25, 0.3) is 0 Å². The Morgan fingerprint density at radius 2 is 2.18 bits per heavy atom. The Labute approximate surface area is 69.4 Å². The third-order valence-electron chi connectivity index (χ3n) is 1.38. The summed E-state index contributed by atoms with van der Waals surface area (Å²) in [7, 11) is 0. The molecule has 1 aromatic rings. The van der Waals surface area contributed by atoms with Gasteiger partial charge in [0.2, 0.25) is 0 Å². The van der Waals surface area contributed by atoms with E-state index >= 15 is 0 Å². The van der Waals surface area contributed by atoms with Crippen LogP contribution in [0.4, 0.5) is 0 Å². The van der Waals surface area contributed by atoms with Crippen molar-refractivity contribution in [1.29, 1.82) is 0 Å². The molecule has 60 valence electrons. The van der Waals surface area contributed by atoms with Gasteiger partial charge in [0.1, 0.15) is 0 Å². The van der Waals surface area contributed by atoms with Crippen LogP contribution < -0.4 is 0 Å². The maximum Gasteiger partial charge on any atom is 0.0955 e. The highest BCUT2D eigenvalue weighted by Gasteiger charge is 2.07. The van der Waals surface area contributed by atoms with Gasteiger partial charge < -0.3 is 5.21 Å². The zero-order chi connectivity index (χ0) is 8.43. The van der Waals surface area contributed by atoms with Crippen LogP contribution in [0.1, 0.15) is 22.5 Å². The molecule has 3 nitrogen and oxygen atoms in total. The number of rotatable bonds is 1. The second kappa shape index (κ2) is 3.00. The van der Waals surface area contributed by atoms with Gasteiger partial charge in [0.15, 0.2) is 0 Å². The smallest absolute Gasteiger partial charge is 0.0955 e. The largest absolute Gasteiger partial charge is 0.411 e. The van der Waals surface area contributed by atoms with Gasteiger partial charge in [-0.25, -0.2) is 4.98 Å². The van der Waals surface area contributed by atoms with E-state index in [-0.39, 0.29) is 0 Å². The minimum absolute atomic E-state index is 0.633. The van der Waals surface area contributed by atoms with Crippen molar-refractivity contribution in [2.45, 2.75) is 20.8 Å². The van der Waals surface area contributed by atoms with E-state index in [2.05, 4.69) is 10.1 Å². The Kier molecular flexibility index (Phi) is 2.24. The summed E-state index contributed by atoms with van der Waals surface area (Å²) in [6.45, 7) is 5.61. The molecule has 0 aliphatic rings. The highest BCUT2D eigenvalue weighted by molar-refractivity contribution is 7.13.